The van der Waals surface area contributed by atoms with Crippen molar-refractivity contribution in [2.24, 2.45) is 0 Å². The van der Waals surface area contributed by atoms with Gasteiger partial charge in [-0.15, -0.1) is 0 Å². The Bertz CT molecular complexity index is 781. The first-order valence-electron chi connectivity index (χ1n) is 8.21. The molecule has 3 amide bonds. The van der Waals surface area contributed by atoms with Gasteiger partial charge in [0.15, 0.2) is 0 Å². The molecule has 0 spiro atoms. The maximum absolute atomic E-state index is 12.5. The van der Waals surface area contributed by atoms with Crippen molar-refractivity contribution in [2.75, 3.05) is 26.7 Å². The first kappa shape index (κ1) is 18.2. The molecule has 0 unspecified atom stereocenters. The molecule has 7 nitrogen and oxygen atoms in total. The molecule has 0 atom stereocenters. The van der Waals surface area contributed by atoms with E-state index < -0.39 is 17.1 Å². The van der Waals surface area contributed by atoms with Gasteiger partial charge in [0.2, 0.25) is 5.91 Å². The normalized spacial score (nSPS) is 18.7. The number of ether oxygens (including phenoxy) is 1. The summed E-state index contributed by atoms with van der Waals surface area (Å²) in [5, 5.41) is -0.444. The second kappa shape index (κ2) is 7.74. The summed E-state index contributed by atoms with van der Waals surface area (Å²) in [6, 6.07) is 6.49. The van der Waals surface area contributed by atoms with Crippen molar-refractivity contribution in [3.8, 4) is 0 Å². The number of carbonyl (C=O) groups is 4. The van der Waals surface area contributed by atoms with Crippen molar-refractivity contribution in [1.29, 1.82) is 0 Å². The van der Waals surface area contributed by atoms with Gasteiger partial charge in [0.05, 0.1) is 17.6 Å². The van der Waals surface area contributed by atoms with Gasteiger partial charge in [-0.2, -0.15) is 0 Å². The molecule has 8 heteroatoms. The Labute approximate surface area is 155 Å². The van der Waals surface area contributed by atoms with Crippen LogP contribution in [-0.2, 0) is 14.3 Å². The summed E-state index contributed by atoms with van der Waals surface area (Å²) in [6.07, 6.45) is 3.48. The number of nitrogens with zero attached hydrogens (tertiary/aromatic N) is 2. The molecular weight excluding hydrogens is 356 g/mol. The van der Waals surface area contributed by atoms with Crippen LogP contribution in [0.4, 0.5) is 4.79 Å². The molecule has 136 valence electrons. The summed E-state index contributed by atoms with van der Waals surface area (Å²) >= 11 is 0.812. The summed E-state index contributed by atoms with van der Waals surface area (Å²) in [5.74, 6) is -1.12. The lowest BCUT2D eigenvalue weighted by atomic mass is 10.1. The highest BCUT2D eigenvalue weighted by atomic mass is 32.2. The lowest BCUT2D eigenvalue weighted by Crippen LogP contribution is -2.40. The third kappa shape index (κ3) is 3.80. The third-order valence-electron chi connectivity index (χ3n) is 4.26. The van der Waals surface area contributed by atoms with Crippen molar-refractivity contribution in [2.45, 2.75) is 12.8 Å². The predicted octanol–water partition coefficient (Wildman–Crippen LogP) is 2.13. The Morgan fingerprint density at radius 3 is 2.42 bits per heavy atom. The van der Waals surface area contributed by atoms with Crippen LogP contribution in [0.25, 0.3) is 6.08 Å². The summed E-state index contributed by atoms with van der Waals surface area (Å²) < 4.78 is 4.63. The topological polar surface area (TPSA) is 84.0 Å². The zero-order valence-corrected chi connectivity index (χ0v) is 15.1. The van der Waals surface area contributed by atoms with Gasteiger partial charge in [-0.3, -0.25) is 19.3 Å². The summed E-state index contributed by atoms with van der Waals surface area (Å²) in [6.45, 7) is 1.14. The molecule has 0 bridgehead atoms. The van der Waals surface area contributed by atoms with Crippen molar-refractivity contribution in [3.05, 3.63) is 40.3 Å². The molecular formula is C18H18N2O5S. The Kier molecular flexibility index (Phi) is 5.41. The maximum Gasteiger partial charge on any atom is 0.337 e. The van der Waals surface area contributed by atoms with Gasteiger partial charge in [0, 0.05) is 13.1 Å². The Morgan fingerprint density at radius 2 is 1.81 bits per heavy atom. The van der Waals surface area contributed by atoms with E-state index >= 15 is 0 Å². The van der Waals surface area contributed by atoms with Crippen LogP contribution in [0.5, 0.6) is 0 Å². The number of esters is 1. The zero-order chi connectivity index (χ0) is 18.7. The highest BCUT2D eigenvalue weighted by Gasteiger charge is 2.37. The van der Waals surface area contributed by atoms with Gasteiger partial charge in [-0.05, 0) is 48.4 Å². The second-order valence-electron chi connectivity index (χ2n) is 5.97. The Morgan fingerprint density at radius 1 is 1.15 bits per heavy atom. The van der Waals surface area contributed by atoms with Crippen molar-refractivity contribution < 1.29 is 23.9 Å². The minimum atomic E-state index is -0.468. The highest BCUT2D eigenvalue weighted by molar-refractivity contribution is 8.18. The second-order valence-corrected chi connectivity index (χ2v) is 6.96. The van der Waals surface area contributed by atoms with Crippen LogP contribution in [0.1, 0.15) is 28.8 Å². The lowest BCUT2D eigenvalue weighted by molar-refractivity contribution is -0.135. The fraction of sp³-hybridized carbons (Fsp3) is 0.333. The van der Waals surface area contributed by atoms with E-state index in [1.165, 1.54) is 7.11 Å². The average Bonchev–Trinajstić information content (AvgIpc) is 3.27. The minimum Gasteiger partial charge on any atom is -0.465 e. The number of hydrogen-bond donors (Lipinski definition) is 0. The number of hydrogen-bond acceptors (Lipinski definition) is 6. The van der Waals surface area contributed by atoms with E-state index in [9.17, 15) is 19.2 Å². The van der Waals surface area contributed by atoms with Gasteiger partial charge in [-0.25, -0.2) is 4.79 Å². The fourth-order valence-electron chi connectivity index (χ4n) is 2.82. The number of likely N-dealkylation sites (tertiary alicyclic amines) is 1. The number of benzene rings is 1. The summed E-state index contributed by atoms with van der Waals surface area (Å²) in [5.41, 5.74) is 1.07. The highest BCUT2D eigenvalue weighted by Crippen LogP contribution is 2.32. The van der Waals surface area contributed by atoms with Crippen LogP contribution in [0.3, 0.4) is 0 Å². The van der Waals surface area contributed by atoms with Gasteiger partial charge >= 0.3 is 5.97 Å². The van der Waals surface area contributed by atoms with Crippen LogP contribution < -0.4 is 0 Å². The number of thioether (sulfide) groups is 1. The lowest BCUT2D eigenvalue weighted by Gasteiger charge is -2.18. The van der Waals surface area contributed by atoms with E-state index in [1.807, 2.05) is 0 Å². The summed E-state index contributed by atoms with van der Waals surface area (Å²) in [4.78, 5) is 51.1. The average molecular weight is 374 g/mol. The quantitative estimate of drug-likeness (QED) is 0.593. The van der Waals surface area contributed by atoms with E-state index in [0.717, 1.165) is 29.5 Å². The van der Waals surface area contributed by atoms with E-state index in [-0.39, 0.29) is 17.4 Å². The summed E-state index contributed by atoms with van der Waals surface area (Å²) in [7, 11) is 1.30. The Balaban J connectivity index is 1.70. The van der Waals surface area contributed by atoms with E-state index in [1.54, 1.807) is 35.2 Å². The molecule has 0 N–H and O–H groups in total. The Hall–Kier alpha value is -2.61. The largest absolute Gasteiger partial charge is 0.465 e. The molecule has 0 radical (unpaired) electrons. The first-order valence-corrected chi connectivity index (χ1v) is 9.03. The molecule has 2 fully saturated rings. The molecule has 2 aliphatic rings. The van der Waals surface area contributed by atoms with Crippen LogP contribution in [0.2, 0.25) is 0 Å². The van der Waals surface area contributed by atoms with Crippen LogP contribution >= 0.6 is 11.8 Å². The molecule has 26 heavy (non-hydrogen) atoms. The number of methoxy groups -OCH3 is 1. The molecule has 1 aromatic rings. The molecule has 0 saturated carbocycles. The van der Waals surface area contributed by atoms with Gasteiger partial charge in [-0.1, -0.05) is 12.1 Å². The molecule has 3 rings (SSSR count). The molecule has 2 saturated heterocycles. The number of rotatable bonds is 4. The van der Waals surface area contributed by atoms with E-state index in [0.29, 0.717) is 24.2 Å². The predicted molar refractivity (Wildman–Crippen MR) is 96.3 cm³/mol. The van der Waals surface area contributed by atoms with Gasteiger partial charge in [0.1, 0.15) is 6.54 Å². The standard InChI is InChI=1S/C18H18N2O5S/c1-25-17(23)13-6-4-12(5-7-13)10-14-16(22)20(18(24)26-14)11-15(21)19-8-2-3-9-19/h4-7,10H,2-3,8-9,11H2,1H3/b14-10+. The first-order chi connectivity index (χ1) is 12.5. The number of imide groups is 1. The smallest absolute Gasteiger partial charge is 0.337 e. The SMILES string of the molecule is COC(=O)c1ccc(/C=C2/SC(=O)N(CC(=O)N3CCCC3)C2=O)cc1. The van der Waals surface area contributed by atoms with E-state index in [4.69, 9.17) is 0 Å². The van der Waals surface area contributed by atoms with Crippen LogP contribution in [-0.4, -0.2) is 59.6 Å². The van der Waals surface area contributed by atoms with Crippen LogP contribution in [0, 0.1) is 0 Å². The third-order valence-corrected chi connectivity index (χ3v) is 5.16. The maximum atomic E-state index is 12.5. The fourth-order valence-corrected chi connectivity index (χ4v) is 3.66. The van der Waals surface area contributed by atoms with E-state index in [2.05, 4.69) is 4.74 Å². The van der Waals surface area contributed by atoms with Gasteiger partial charge < -0.3 is 9.64 Å². The number of carbonyl (C=O) groups excluding carboxylic acids is 4. The van der Waals surface area contributed by atoms with Crippen molar-refractivity contribution >= 4 is 40.9 Å². The molecule has 1 aromatic carbocycles. The molecule has 0 aliphatic carbocycles. The monoisotopic (exact) mass is 374 g/mol. The zero-order valence-electron chi connectivity index (χ0n) is 14.3. The number of amides is 3. The van der Waals surface area contributed by atoms with Gasteiger partial charge in [0.25, 0.3) is 11.1 Å². The molecule has 2 aliphatic heterocycles. The molecule has 0 aromatic heterocycles. The molecule has 2 heterocycles. The van der Waals surface area contributed by atoms with Crippen LogP contribution in [0.15, 0.2) is 29.2 Å². The van der Waals surface area contributed by atoms with Crippen molar-refractivity contribution in [1.82, 2.24) is 9.80 Å². The van der Waals surface area contributed by atoms with Crippen molar-refractivity contribution in [3.63, 3.8) is 0 Å². The minimum absolute atomic E-state index is 0.200.